The van der Waals surface area contributed by atoms with E-state index < -0.39 is 5.91 Å². The lowest BCUT2D eigenvalue weighted by molar-refractivity contribution is -0.124. The molecule has 188 valence electrons. The summed E-state index contributed by atoms with van der Waals surface area (Å²) in [5.74, 6) is -0.539. The van der Waals surface area contributed by atoms with Crippen LogP contribution < -0.4 is 10.8 Å². The van der Waals surface area contributed by atoms with Gasteiger partial charge in [0.15, 0.2) is 0 Å². The van der Waals surface area contributed by atoms with Crippen LogP contribution in [0.15, 0.2) is 84.2 Å². The van der Waals surface area contributed by atoms with Gasteiger partial charge in [-0.25, -0.2) is 5.48 Å². The zero-order chi connectivity index (χ0) is 26.1. The monoisotopic (exact) mass is 461 g/mol. The maximum Gasteiger partial charge on any atom is 0.267 e. The molecule has 33 heavy (non-hydrogen) atoms. The quantitative estimate of drug-likeness (QED) is 0.113. The fourth-order valence-corrected chi connectivity index (χ4v) is 2.75. The number of hydrogen-bond donors (Lipinski definition) is 4. The van der Waals surface area contributed by atoms with Gasteiger partial charge >= 0.3 is 0 Å². The molecule has 1 aliphatic carbocycles. The van der Waals surface area contributed by atoms with E-state index in [9.17, 15) is 4.79 Å². The Labute approximate surface area is 202 Å². The van der Waals surface area contributed by atoms with Crippen molar-refractivity contribution in [2.24, 2.45) is 0 Å². The van der Waals surface area contributed by atoms with E-state index in [0.717, 1.165) is 50.6 Å². The molecule has 4 N–H and O–H groups in total. The molecule has 0 aliphatic heterocycles. The van der Waals surface area contributed by atoms with Gasteiger partial charge < -0.3 is 15.3 Å². The van der Waals surface area contributed by atoms with Gasteiger partial charge in [-0.2, -0.15) is 0 Å². The standard InChI is InChI=1S/C22H31N3O2.2C2H6.CH4O/c1-5-8-18(6-2)13-15-23-16-14-20-17-19(11-12-22(26)24-27)9-7-10-21(20)25(3)4;3*1-2/h5-6,8-12,17,23,27H,1-2,7,13-16H2,3-4H3,(H,24,26);2*1-2H3;2H,1H3/b12-11+,18-8+;;;. The number of rotatable bonds is 11. The van der Waals surface area contributed by atoms with Crippen LogP contribution in [-0.2, 0) is 4.79 Å². The third-order valence-corrected chi connectivity index (χ3v) is 4.11. The maximum atomic E-state index is 11.2. The Bertz CT molecular complexity index is 685. The fraction of sp³-hybridized carbons (Fsp3) is 0.444. The van der Waals surface area contributed by atoms with E-state index in [4.69, 9.17) is 10.3 Å². The van der Waals surface area contributed by atoms with Gasteiger partial charge in [0.1, 0.15) is 0 Å². The molecule has 1 amide bonds. The Morgan fingerprint density at radius 1 is 1.12 bits per heavy atom. The average molecular weight is 462 g/mol. The second-order valence-corrected chi connectivity index (χ2v) is 6.33. The van der Waals surface area contributed by atoms with Crippen molar-refractivity contribution < 1.29 is 15.1 Å². The van der Waals surface area contributed by atoms with Crippen LogP contribution in [0.2, 0.25) is 0 Å². The van der Waals surface area contributed by atoms with Crippen molar-refractivity contribution in [3.63, 3.8) is 0 Å². The predicted molar refractivity (Wildman–Crippen MR) is 143 cm³/mol. The number of allylic oxidation sites excluding steroid dienone is 9. The van der Waals surface area contributed by atoms with E-state index in [-0.39, 0.29) is 0 Å². The highest BCUT2D eigenvalue weighted by atomic mass is 16.5. The normalized spacial score (nSPS) is 12.6. The number of aliphatic hydroxyl groups is 1. The van der Waals surface area contributed by atoms with Crippen molar-refractivity contribution in [2.45, 2.75) is 47.0 Å². The molecule has 0 radical (unpaired) electrons. The second kappa shape index (κ2) is 25.6. The molecule has 6 heteroatoms. The number of aliphatic hydroxyl groups excluding tert-OH is 1. The first-order chi connectivity index (χ1) is 16.0. The Morgan fingerprint density at radius 3 is 2.27 bits per heavy atom. The fourth-order valence-electron chi connectivity index (χ4n) is 2.75. The van der Waals surface area contributed by atoms with Crippen LogP contribution >= 0.6 is 0 Å². The van der Waals surface area contributed by atoms with E-state index >= 15 is 0 Å². The zero-order valence-corrected chi connectivity index (χ0v) is 21.8. The van der Waals surface area contributed by atoms with Crippen molar-refractivity contribution in [3.8, 4) is 0 Å². The zero-order valence-electron chi connectivity index (χ0n) is 21.8. The molecule has 0 bridgehead atoms. The predicted octanol–water partition coefficient (Wildman–Crippen LogP) is 5.08. The third-order valence-electron chi connectivity index (χ3n) is 4.11. The van der Waals surface area contributed by atoms with Crippen LogP contribution in [0.5, 0.6) is 0 Å². The van der Waals surface area contributed by atoms with E-state index in [1.807, 2.05) is 53.9 Å². The average Bonchev–Trinajstić information content (AvgIpc) is 3.07. The van der Waals surface area contributed by atoms with Gasteiger partial charge in [-0.05, 0) is 61.2 Å². The Hall–Kier alpha value is -2.67. The van der Waals surface area contributed by atoms with Crippen LogP contribution in [0.3, 0.4) is 0 Å². The molecule has 0 saturated heterocycles. The summed E-state index contributed by atoms with van der Waals surface area (Å²) in [7, 11) is 5.06. The molecule has 6 nitrogen and oxygen atoms in total. The van der Waals surface area contributed by atoms with Gasteiger partial charge in [0.2, 0.25) is 0 Å². The summed E-state index contributed by atoms with van der Waals surface area (Å²) >= 11 is 0. The lowest BCUT2D eigenvalue weighted by Gasteiger charge is -2.20. The number of likely N-dealkylation sites (N-methyl/N-ethyl adjacent to an activating group) is 1. The molecule has 0 unspecified atom stereocenters. The van der Waals surface area contributed by atoms with Crippen LogP contribution in [-0.4, -0.2) is 55.4 Å². The first-order valence-corrected chi connectivity index (χ1v) is 11.5. The SMILES string of the molecule is C=C/C=C(\C=C)CCNCCC1=CC(/C=C/C(=O)NO)=CCC=C1N(C)C.CC.CC.CO. The highest BCUT2D eigenvalue weighted by Crippen LogP contribution is 2.23. The molecule has 0 saturated carbocycles. The smallest absolute Gasteiger partial charge is 0.267 e. The number of carbonyl (C=O) groups is 1. The first-order valence-electron chi connectivity index (χ1n) is 11.5. The molecule has 1 rings (SSSR count). The lowest BCUT2D eigenvalue weighted by Crippen LogP contribution is -2.20. The number of nitrogens with zero attached hydrogens (tertiary/aromatic N) is 1. The molecule has 0 aromatic heterocycles. The number of hydrogen-bond acceptors (Lipinski definition) is 5. The third kappa shape index (κ3) is 17.6. The summed E-state index contributed by atoms with van der Waals surface area (Å²) < 4.78 is 0. The van der Waals surface area contributed by atoms with Gasteiger partial charge in [0.05, 0.1) is 0 Å². The summed E-state index contributed by atoms with van der Waals surface area (Å²) in [5, 5.41) is 19.1. The minimum absolute atomic E-state index is 0.539. The van der Waals surface area contributed by atoms with Crippen LogP contribution in [0, 0.1) is 0 Å². The van der Waals surface area contributed by atoms with Crippen molar-refractivity contribution >= 4 is 5.91 Å². The topological polar surface area (TPSA) is 84.8 Å². The van der Waals surface area contributed by atoms with Gasteiger partial charge in [0.25, 0.3) is 5.91 Å². The molecule has 0 aromatic carbocycles. The summed E-state index contributed by atoms with van der Waals surface area (Å²) in [6.45, 7) is 17.3. The molecular weight excluding hydrogens is 414 g/mol. The number of amides is 1. The van der Waals surface area contributed by atoms with Crippen molar-refractivity contribution in [3.05, 3.63) is 84.2 Å². The van der Waals surface area contributed by atoms with E-state index in [1.54, 1.807) is 17.6 Å². The molecule has 0 heterocycles. The van der Waals surface area contributed by atoms with Gasteiger partial charge in [-0.15, -0.1) is 0 Å². The van der Waals surface area contributed by atoms with Crippen LogP contribution in [0.25, 0.3) is 0 Å². The highest BCUT2D eigenvalue weighted by Gasteiger charge is 2.10. The Morgan fingerprint density at radius 2 is 1.76 bits per heavy atom. The van der Waals surface area contributed by atoms with Crippen LogP contribution in [0.1, 0.15) is 47.0 Å². The van der Waals surface area contributed by atoms with Crippen LogP contribution in [0.4, 0.5) is 0 Å². The molecule has 0 aromatic rings. The minimum Gasteiger partial charge on any atom is -0.400 e. The summed E-state index contributed by atoms with van der Waals surface area (Å²) in [5.41, 5.74) is 6.11. The number of nitrogens with one attached hydrogen (secondary N) is 2. The number of hydroxylamine groups is 1. The van der Waals surface area contributed by atoms with E-state index in [2.05, 4.69) is 41.6 Å². The summed E-state index contributed by atoms with van der Waals surface area (Å²) in [6.07, 6.45) is 17.5. The van der Waals surface area contributed by atoms with Crippen molar-refractivity contribution in [2.75, 3.05) is 34.3 Å². The molecule has 0 spiro atoms. The van der Waals surface area contributed by atoms with E-state index in [1.165, 1.54) is 17.3 Å². The maximum absolute atomic E-state index is 11.2. The van der Waals surface area contributed by atoms with E-state index in [0.29, 0.717) is 0 Å². The van der Waals surface area contributed by atoms with Crippen molar-refractivity contribution in [1.82, 2.24) is 15.7 Å². The summed E-state index contributed by atoms with van der Waals surface area (Å²) in [6, 6.07) is 0. The number of carbonyl (C=O) groups excluding carboxylic acids is 1. The minimum atomic E-state index is -0.539. The van der Waals surface area contributed by atoms with Crippen molar-refractivity contribution in [1.29, 1.82) is 0 Å². The Balaban J connectivity index is -0.00000138. The second-order valence-electron chi connectivity index (χ2n) is 6.33. The molecular formula is C27H47N3O3. The molecule has 0 atom stereocenters. The Kier molecular flexibility index (Phi) is 27.1. The molecule has 0 fully saturated rings. The van der Waals surface area contributed by atoms with Gasteiger partial charge in [0, 0.05) is 33.0 Å². The highest BCUT2D eigenvalue weighted by molar-refractivity contribution is 5.87. The molecule has 1 aliphatic rings. The largest absolute Gasteiger partial charge is 0.400 e. The van der Waals surface area contributed by atoms with Gasteiger partial charge in [-0.3, -0.25) is 10.0 Å². The first kappa shape index (κ1) is 34.9. The lowest BCUT2D eigenvalue weighted by atomic mass is 10.1. The summed E-state index contributed by atoms with van der Waals surface area (Å²) in [4.78, 5) is 13.3. The van der Waals surface area contributed by atoms with Gasteiger partial charge in [-0.1, -0.05) is 71.2 Å².